The molecule has 3 heterocycles. The molecule has 1 aliphatic rings. The molecule has 2 atom stereocenters. The number of carbonyl (C=O) groups excluding carboxylic acids is 3. The van der Waals surface area contributed by atoms with Gasteiger partial charge in [-0.3, -0.25) is 19.4 Å². The summed E-state index contributed by atoms with van der Waals surface area (Å²) in [5.41, 5.74) is 1.37. The fourth-order valence-corrected chi connectivity index (χ4v) is 6.82. The van der Waals surface area contributed by atoms with E-state index >= 15 is 0 Å². The molecule has 3 aromatic rings. The Hall–Kier alpha value is -3.32. The number of aromatic nitrogens is 1. The number of fused-ring (bicyclic) bond motifs is 1. The van der Waals surface area contributed by atoms with Crippen LogP contribution in [0.4, 0.5) is 5.69 Å². The lowest BCUT2D eigenvalue weighted by molar-refractivity contribution is -0.139. The van der Waals surface area contributed by atoms with Crippen molar-refractivity contribution < 1.29 is 22.8 Å². The van der Waals surface area contributed by atoms with Gasteiger partial charge in [0.15, 0.2) is 0 Å². The first-order valence-electron chi connectivity index (χ1n) is 13.2. The lowest BCUT2D eigenvalue weighted by Gasteiger charge is -2.26. The van der Waals surface area contributed by atoms with Crippen LogP contribution < -0.4 is 10.0 Å². The van der Waals surface area contributed by atoms with Gasteiger partial charge < -0.3 is 15.1 Å². The van der Waals surface area contributed by atoms with Crippen LogP contribution in [-0.2, 0) is 24.4 Å². The third kappa shape index (κ3) is 8.83. The second kappa shape index (κ2) is 14.0. The lowest BCUT2D eigenvalue weighted by atomic mass is 10.2. The minimum absolute atomic E-state index is 0.156. The second-order valence-corrected chi connectivity index (χ2v) is 13.2. The molecule has 2 N–H and O–H groups in total. The Morgan fingerprint density at radius 2 is 2.07 bits per heavy atom. The minimum atomic E-state index is -3.66. The topological polar surface area (TPSA) is 129 Å². The molecule has 0 unspecified atom stereocenters. The highest BCUT2D eigenvalue weighted by Gasteiger charge is 2.34. The zero-order valence-corrected chi connectivity index (χ0v) is 24.9. The first-order chi connectivity index (χ1) is 19.6. The summed E-state index contributed by atoms with van der Waals surface area (Å²) in [6.45, 7) is 2.29. The number of amides is 3. The standard InChI is InChI=1S/C28H32ClN5O5S2/c1-20(32-41(38,39)15-12-23-10-11-26(29)40-23)6-4-13-33(19-35)18-27(36)34-14-5-9-25(34)28(37)31-22-16-21-7-2-3-8-24(21)30-17-22/h2-3,7-8,10-12,15-17,19-20,25,32H,4-6,9,13-14,18H2,1H3,(H,31,37)/b15-12+/t20-,25+/m1/s1. The molecule has 0 spiro atoms. The smallest absolute Gasteiger partial charge is 0.247 e. The van der Waals surface area contributed by atoms with Crippen molar-refractivity contribution in [2.24, 2.45) is 0 Å². The van der Waals surface area contributed by atoms with E-state index in [1.54, 1.807) is 25.3 Å². The monoisotopic (exact) mass is 617 g/mol. The summed E-state index contributed by atoms with van der Waals surface area (Å²) in [6, 6.07) is 11.8. The van der Waals surface area contributed by atoms with Crippen molar-refractivity contribution >= 4 is 73.9 Å². The quantitative estimate of drug-likeness (QED) is 0.278. The van der Waals surface area contributed by atoms with Gasteiger partial charge in [0.25, 0.3) is 0 Å². The van der Waals surface area contributed by atoms with E-state index in [-0.39, 0.29) is 30.9 Å². The molecule has 0 radical (unpaired) electrons. The van der Waals surface area contributed by atoms with Gasteiger partial charge in [-0.25, -0.2) is 13.1 Å². The lowest BCUT2D eigenvalue weighted by Crippen LogP contribution is -2.47. The van der Waals surface area contributed by atoms with E-state index in [1.165, 1.54) is 27.2 Å². The fraction of sp³-hybridized carbons (Fsp3) is 0.357. The summed E-state index contributed by atoms with van der Waals surface area (Å²) in [4.78, 5) is 45.7. The third-order valence-electron chi connectivity index (χ3n) is 6.67. The zero-order chi connectivity index (χ0) is 29.4. The average Bonchev–Trinajstić information content (AvgIpc) is 3.60. The normalized spacial score (nSPS) is 16.2. The zero-order valence-electron chi connectivity index (χ0n) is 22.5. The van der Waals surface area contributed by atoms with E-state index in [4.69, 9.17) is 11.6 Å². The molecular formula is C28H32ClN5O5S2. The number of carbonyl (C=O) groups is 3. The van der Waals surface area contributed by atoms with E-state index in [0.717, 1.165) is 21.2 Å². The Morgan fingerprint density at radius 3 is 2.83 bits per heavy atom. The van der Waals surface area contributed by atoms with Gasteiger partial charge in [-0.15, -0.1) is 11.3 Å². The molecule has 41 heavy (non-hydrogen) atoms. The number of pyridine rings is 1. The van der Waals surface area contributed by atoms with Crippen LogP contribution in [0.5, 0.6) is 0 Å². The number of halogens is 1. The number of rotatable bonds is 13. The number of hydrogen-bond acceptors (Lipinski definition) is 7. The molecule has 1 aromatic carbocycles. The van der Waals surface area contributed by atoms with E-state index in [1.807, 2.05) is 30.3 Å². The van der Waals surface area contributed by atoms with E-state index in [2.05, 4.69) is 15.0 Å². The van der Waals surface area contributed by atoms with Crippen LogP contribution in [0.25, 0.3) is 17.0 Å². The van der Waals surface area contributed by atoms with Crippen molar-refractivity contribution in [3.05, 3.63) is 63.3 Å². The highest BCUT2D eigenvalue weighted by atomic mass is 35.5. The van der Waals surface area contributed by atoms with Crippen molar-refractivity contribution in [3.63, 3.8) is 0 Å². The number of nitrogens with zero attached hydrogens (tertiary/aromatic N) is 3. The van der Waals surface area contributed by atoms with Gasteiger partial charge in [-0.2, -0.15) is 0 Å². The first kappa shape index (κ1) is 30.6. The van der Waals surface area contributed by atoms with Crippen LogP contribution in [0, 0.1) is 0 Å². The maximum Gasteiger partial charge on any atom is 0.247 e. The van der Waals surface area contributed by atoms with E-state index in [0.29, 0.717) is 48.7 Å². The van der Waals surface area contributed by atoms with Gasteiger partial charge in [0, 0.05) is 34.8 Å². The summed E-state index contributed by atoms with van der Waals surface area (Å²) in [6.07, 6.45) is 5.84. The van der Waals surface area contributed by atoms with Crippen LogP contribution in [0.2, 0.25) is 4.34 Å². The Kier molecular flexibility index (Phi) is 10.5. The highest BCUT2D eigenvalue weighted by Crippen LogP contribution is 2.23. The van der Waals surface area contributed by atoms with E-state index < -0.39 is 16.1 Å². The SMILES string of the molecule is C[C@H](CCCN(C=O)CC(=O)N1CCC[C@H]1C(=O)Nc1cnc2ccccc2c1)NS(=O)(=O)/C=C/c1ccc(Cl)s1. The van der Waals surface area contributed by atoms with Gasteiger partial charge in [0.05, 0.1) is 28.3 Å². The highest BCUT2D eigenvalue weighted by molar-refractivity contribution is 7.92. The number of hydrogen-bond donors (Lipinski definition) is 2. The Balaban J connectivity index is 1.24. The summed E-state index contributed by atoms with van der Waals surface area (Å²) in [7, 11) is -3.66. The molecule has 218 valence electrons. The molecule has 1 aliphatic heterocycles. The van der Waals surface area contributed by atoms with Crippen LogP contribution in [0.15, 0.2) is 54.1 Å². The molecular weight excluding hydrogens is 586 g/mol. The number of anilines is 1. The molecule has 3 amide bonds. The molecule has 1 fully saturated rings. The van der Waals surface area contributed by atoms with Crippen LogP contribution >= 0.6 is 22.9 Å². The average molecular weight is 618 g/mol. The number of para-hydroxylation sites is 1. The molecule has 10 nitrogen and oxygen atoms in total. The van der Waals surface area contributed by atoms with Crippen molar-refractivity contribution in [2.75, 3.05) is 25.0 Å². The summed E-state index contributed by atoms with van der Waals surface area (Å²) >= 11 is 7.15. The summed E-state index contributed by atoms with van der Waals surface area (Å²) in [5.74, 6) is -0.595. The predicted octanol–water partition coefficient (Wildman–Crippen LogP) is 4.10. The van der Waals surface area contributed by atoms with Crippen LogP contribution in [0.1, 0.15) is 37.5 Å². The van der Waals surface area contributed by atoms with Crippen molar-refractivity contribution in [2.45, 2.75) is 44.7 Å². The first-order valence-corrected chi connectivity index (χ1v) is 16.0. The summed E-state index contributed by atoms with van der Waals surface area (Å²) < 4.78 is 27.9. The van der Waals surface area contributed by atoms with Crippen LogP contribution in [0.3, 0.4) is 0 Å². The molecule has 1 saturated heterocycles. The van der Waals surface area contributed by atoms with Gasteiger partial charge in [0.2, 0.25) is 28.2 Å². The van der Waals surface area contributed by atoms with Gasteiger partial charge in [-0.1, -0.05) is 29.8 Å². The maximum absolute atomic E-state index is 13.1. The third-order valence-corrected chi connectivity index (χ3v) is 9.10. The number of benzene rings is 1. The maximum atomic E-state index is 13.1. The van der Waals surface area contributed by atoms with Gasteiger partial charge in [-0.05, 0) is 62.9 Å². The second-order valence-electron chi connectivity index (χ2n) is 9.88. The molecule has 0 saturated carbocycles. The molecule has 0 bridgehead atoms. The largest absolute Gasteiger partial charge is 0.336 e. The van der Waals surface area contributed by atoms with Gasteiger partial charge >= 0.3 is 0 Å². The number of sulfonamides is 1. The Bertz CT molecular complexity index is 1530. The fourth-order valence-electron chi connectivity index (χ4n) is 4.69. The minimum Gasteiger partial charge on any atom is -0.336 e. The Labute approximate surface area is 248 Å². The van der Waals surface area contributed by atoms with Gasteiger partial charge in [0.1, 0.15) is 6.04 Å². The van der Waals surface area contributed by atoms with Crippen LogP contribution in [-0.4, -0.2) is 73.1 Å². The number of nitrogens with one attached hydrogen (secondary N) is 2. The number of thiophene rings is 1. The molecule has 4 rings (SSSR count). The Morgan fingerprint density at radius 1 is 1.27 bits per heavy atom. The summed E-state index contributed by atoms with van der Waals surface area (Å²) in [5, 5.41) is 4.86. The number of likely N-dealkylation sites (tertiary alicyclic amines) is 1. The molecule has 2 aromatic heterocycles. The molecule has 0 aliphatic carbocycles. The van der Waals surface area contributed by atoms with Crippen molar-refractivity contribution in [1.82, 2.24) is 19.5 Å². The predicted molar refractivity (Wildman–Crippen MR) is 162 cm³/mol. The molecule has 13 heteroatoms. The van der Waals surface area contributed by atoms with Crippen molar-refractivity contribution in [1.29, 1.82) is 0 Å². The van der Waals surface area contributed by atoms with Crippen molar-refractivity contribution in [3.8, 4) is 0 Å². The van der Waals surface area contributed by atoms with E-state index in [9.17, 15) is 22.8 Å².